The normalized spacial score (nSPS) is 25.1. The van der Waals surface area contributed by atoms with Crippen LogP contribution in [-0.4, -0.2) is 36.1 Å². The van der Waals surface area contributed by atoms with Gasteiger partial charge in [0.1, 0.15) is 0 Å². The van der Waals surface area contributed by atoms with Gasteiger partial charge in [-0.1, -0.05) is 13.3 Å². The Morgan fingerprint density at radius 3 is 2.41 bits per heavy atom. The van der Waals surface area contributed by atoms with Crippen molar-refractivity contribution in [2.75, 3.05) is 13.2 Å². The zero-order chi connectivity index (χ0) is 12.0. The Hall–Kier alpha value is -0.280. The van der Waals surface area contributed by atoms with E-state index in [0.29, 0.717) is 25.1 Å². The molecular formula is C13H26ClNO2. The van der Waals surface area contributed by atoms with Gasteiger partial charge in [0, 0.05) is 25.0 Å². The number of halogens is 1. The highest BCUT2D eigenvalue weighted by Gasteiger charge is 2.23. The summed E-state index contributed by atoms with van der Waals surface area (Å²) in [5.41, 5.74) is 0. The summed E-state index contributed by atoms with van der Waals surface area (Å²) in [6.45, 7) is 8.06. The molecule has 4 heteroatoms. The minimum atomic E-state index is -0.0836. The van der Waals surface area contributed by atoms with Gasteiger partial charge in [0.15, 0.2) is 0 Å². The lowest BCUT2D eigenvalue weighted by Crippen LogP contribution is -2.44. The summed E-state index contributed by atoms with van der Waals surface area (Å²) in [7, 11) is 0. The first-order chi connectivity index (χ1) is 7.65. The zero-order valence-corrected chi connectivity index (χ0v) is 12.1. The van der Waals surface area contributed by atoms with Crippen LogP contribution in [0.4, 0.5) is 0 Å². The lowest BCUT2D eigenvalue weighted by molar-refractivity contribution is -0.143. The first kappa shape index (κ1) is 16.7. The van der Waals surface area contributed by atoms with Crippen molar-refractivity contribution in [1.82, 2.24) is 4.90 Å². The van der Waals surface area contributed by atoms with E-state index in [2.05, 4.69) is 18.7 Å². The highest BCUT2D eigenvalue weighted by atomic mass is 35.5. The maximum Gasteiger partial charge on any atom is 0.305 e. The minimum Gasteiger partial charge on any atom is -0.466 e. The second kappa shape index (κ2) is 8.76. The number of esters is 1. The van der Waals surface area contributed by atoms with E-state index in [1.165, 1.54) is 19.3 Å². The Bertz CT molecular complexity index is 213. The summed E-state index contributed by atoms with van der Waals surface area (Å²) < 4.78 is 5.09. The highest BCUT2D eigenvalue weighted by Crippen LogP contribution is 2.22. The van der Waals surface area contributed by atoms with Crippen LogP contribution < -0.4 is 0 Å². The van der Waals surface area contributed by atoms with Gasteiger partial charge >= 0.3 is 5.97 Å². The smallest absolute Gasteiger partial charge is 0.305 e. The number of carbonyl (C=O) groups is 1. The van der Waals surface area contributed by atoms with Gasteiger partial charge in [-0.3, -0.25) is 9.69 Å². The molecule has 102 valence electrons. The minimum absolute atomic E-state index is 0. The van der Waals surface area contributed by atoms with Crippen LogP contribution in [0.3, 0.4) is 0 Å². The van der Waals surface area contributed by atoms with E-state index < -0.39 is 0 Å². The van der Waals surface area contributed by atoms with E-state index in [-0.39, 0.29) is 18.4 Å². The van der Waals surface area contributed by atoms with Crippen molar-refractivity contribution in [3.05, 3.63) is 0 Å². The van der Waals surface area contributed by atoms with Crippen LogP contribution in [0.1, 0.15) is 52.9 Å². The van der Waals surface area contributed by atoms with Crippen molar-refractivity contribution in [1.29, 1.82) is 0 Å². The number of carbonyl (C=O) groups excluding carboxylic acids is 1. The van der Waals surface area contributed by atoms with Crippen LogP contribution in [0.2, 0.25) is 0 Å². The predicted octanol–water partition coefficient (Wildman–Crippen LogP) is 3.01. The Kier molecular flexibility index (Phi) is 8.61. The number of piperidine rings is 1. The number of nitrogens with zero attached hydrogens (tertiary/aromatic N) is 1. The van der Waals surface area contributed by atoms with E-state index in [9.17, 15) is 4.79 Å². The maximum absolute atomic E-state index is 11.0. The van der Waals surface area contributed by atoms with Gasteiger partial charge in [0.25, 0.3) is 0 Å². The number of hydrogen-bond acceptors (Lipinski definition) is 3. The average Bonchev–Trinajstić information content (AvgIpc) is 2.27. The second-order valence-electron chi connectivity index (χ2n) is 4.79. The molecule has 0 aromatic carbocycles. The van der Waals surface area contributed by atoms with Gasteiger partial charge in [-0.25, -0.2) is 0 Å². The molecule has 0 saturated carbocycles. The third-order valence-corrected chi connectivity index (χ3v) is 3.49. The first-order valence-corrected chi connectivity index (χ1v) is 6.56. The molecule has 0 bridgehead atoms. The summed E-state index contributed by atoms with van der Waals surface area (Å²) >= 11 is 0. The molecule has 0 N–H and O–H groups in total. The fourth-order valence-corrected chi connectivity index (χ4v) is 2.45. The molecule has 1 rings (SSSR count). The molecule has 0 amide bonds. The van der Waals surface area contributed by atoms with Crippen molar-refractivity contribution in [2.45, 2.75) is 65.0 Å². The van der Waals surface area contributed by atoms with Crippen molar-refractivity contribution in [3.8, 4) is 0 Å². The molecule has 2 atom stereocenters. The SMILES string of the molecule is CCC(=O)OCCCN1C(C)CCCC1C.Cl. The van der Waals surface area contributed by atoms with Crippen molar-refractivity contribution in [3.63, 3.8) is 0 Å². The van der Waals surface area contributed by atoms with E-state index in [1.807, 2.05) is 6.92 Å². The van der Waals surface area contributed by atoms with Crippen LogP contribution in [0.25, 0.3) is 0 Å². The molecule has 1 fully saturated rings. The molecule has 17 heavy (non-hydrogen) atoms. The van der Waals surface area contributed by atoms with E-state index in [4.69, 9.17) is 4.74 Å². The van der Waals surface area contributed by atoms with Gasteiger partial charge in [0.2, 0.25) is 0 Å². The molecule has 0 radical (unpaired) electrons. The molecule has 1 heterocycles. The maximum atomic E-state index is 11.0. The van der Waals surface area contributed by atoms with Gasteiger partial charge in [-0.05, 0) is 33.1 Å². The van der Waals surface area contributed by atoms with Gasteiger partial charge in [-0.15, -0.1) is 12.4 Å². The Morgan fingerprint density at radius 2 is 1.88 bits per heavy atom. The summed E-state index contributed by atoms with van der Waals surface area (Å²) in [6, 6.07) is 1.37. The average molecular weight is 264 g/mol. The molecule has 1 aliphatic heterocycles. The number of rotatable bonds is 5. The van der Waals surface area contributed by atoms with Crippen LogP contribution in [0, 0.1) is 0 Å². The highest BCUT2D eigenvalue weighted by molar-refractivity contribution is 5.85. The topological polar surface area (TPSA) is 29.5 Å². The molecule has 0 spiro atoms. The van der Waals surface area contributed by atoms with Crippen LogP contribution in [0.5, 0.6) is 0 Å². The molecule has 2 unspecified atom stereocenters. The Balaban J connectivity index is 0.00000256. The molecule has 0 aromatic rings. The third-order valence-electron chi connectivity index (χ3n) is 3.49. The van der Waals surface area contributed by atoms with E-state index in [0.717, 1.165) is 13.0 Å². The lowest BCUT2D eigenvalue weighted by Gasteiger charge is -2.38. The number of ether oxygens (including phenoxy) is 1. The lowest BCUT2D eigenvalue weighted by atomic mass is 9.97. The Labute approximate surface area is 111 Å². The predicted molar refractivity (Wildman–Crippen MR) is 72.6 cm³/mol. The summed E-state index contributed by atoms with van der Waals surface area (Å²) in [5.74, 6) is -0.0836. The molecule has 3 nitrogen and oxygen atoms in total. The van der Waals surface area contributed by atoms with E-state index in [1.54, 1.807) is 0 Å². The summed E-state index contributed by atoms with van der Waals surface area (Å²) in [6.07, 6.45) is 5.40. The van der Waals surface area contributed by atoms with Gasteiger partial charge < -0.3 is 4.74 Å². The van der Waals surface area contributed by atoms with Crippen LogP contribution in [-0.2, 0) is 9.53 Å². The monoisotopic (exact) mass is 263 g/mol. The second-order valence-corrected chi connectivity index (χ2v) is 4.79. The largest absolute Gasteiger partial charge is 0.466 e. The molecule has 1 saturated heterocycles. The van der Waals surface area contributed by atoms with E-state index >= 15 is 0 Å². The van der Waals surface area contributed by atoms with Gasteiger partial charge in [0.05, 0.1) is 6.61 Å². The third kappa shape index (κ3) is 5.73. The van der Waals surface area contributed by atoms with Crippen LogP contribution >= 0.6 is 12.4 Å². The zero-order valence-electron chi connectivity index (χ0n) is 11.3. The fraction of sp³-hybridized carbons (Fsp3) is 0.923. The molecule has 0 aromatic heterocycles. The quantitative estimate of drug-likeness (QED) is 0.564. The summed E-state index contributed by atoms with van der Waals surface area (Å²) in [4.78, 5) is 13.5. The van der Waals surface area contributed by atoms with Crippen molar-refractivity contribution < 1.29 is 9.53 Å². The fourth-order valence-electron chi connectivity index (χ4n) is 2.45. The molecular weight excluding hydrogens is 238 g/mol. The standard InChI is InChI=1S/C13H25NO2.ClH/c1-4-13(15)16-10-6-9-14-11(2)7-5-8-12(14)3;/h11-12H,4-10H2,1-3H3;1H. The van der Waals surface area contributed by atoms with Crippen LogP contribution in [0.15, 0.2) is 0 Å². The van der Waals surface area contributed by atoms with Crippen molar-refractivity contribution in [2.24, 2.45) is 0 Å². The number of likely N-dealkylation sites (tertiary alicyclic amines) is 1. The van der Waals surface area contributed by atoms with Crippen molar-refractivity contribution >= 4 is 18.4 Å². The first-order valence-electron chi connectivity index (χ1n) is 6.56. The summed E-state index contributed by atoms with van der Waals surface area (Å²) in [5, 5.41) is 0. The Morgan fingerprint density at radius 1 is 1.29 bits per heavy atom. The number of hydrogen-bond donors (Lipinski definition) is 0. The molecule has 0 aliphatic carbocycles. The van der Waals surface area contributed by atoms with Gasteiger partial charge in [-0.2, -0.15) is 0 Å². The molecule has 1 aliphatic rings.